The summed E-state index contributed by atoms with van der Waals surface area (Å²) in [6.45, 7) is -0.290. The highest BCUT2D eigenvalue weighted by molar-refractivity contribution is 9.10. The topological polar surface area (TPSA) is 96.3 Å². The first-order chi connectivity index (χ1) is 12.5. The highest BCUT2D eigenvalue weighted by atomic mass is 79.9. The summed E-state index contributed by atoms with van der Waals surface area (Å²) in [7, 11) is 1.56. The minimum absolute atomic E-state index is 0.159. The van der Waals surface area contributed by atoms with Crippen molar-refractivity contribution in [2.24, 2.45) is 10.2 Å². The molecule has 0 aliphatic carbocycles. The van der Waals surface area contributed by atoms with E-state index in [0.717, 1.165) is 4.47 Å². The Labute approximate surface area is 165 Å². The molecule has 0 spiro atoms. The van der Waals surface area contributed by atoms with E-state index in [1.54, 1.807) is 37.4 Å². The minimum atomic E-state index is -0.587. The largest absolute Gasteiger partial charge is 0.497 e. The number of methoxy groups -OCH3 is 1. The molecule has 0 saturated heterocycles. The second kappa shape index (κ2) is 7.88. The highest BCUT2D eigenvalue weighted by Gasteiger charge is 2.12. The molecule has 0 saturated carbocycles. The molecule has 2 N–H and O–H groups in total. The van der Waals surface area contributed by atoms with Crippen LogP contribution in [-0.4, -0.2) is 29.7 Å². The number of hydrogen-bond donors (Lipinski definition) is 2. The van der Waals surface area contributed by atoms with Gasteiger partial charge in [-0.1, -0.05) is 15.9 Å². The monoisotopic (exact) mass is 481 g/mol. The first-order valence-corrected chi connectivity index (χ1v) is 8.97. The SMILES string of the molecule is COc1ccc(OCC(=O)N=Nc2c(O)[nH]c3ccc(Br)cc23)c(Br)c1. The van der Waals surface area contributed by atoms with Crippen molar-refractivity contribution in [3.8, 4) is 17.4 Å². The van der Waals surface area contributed by atoms with Gasteiger partial charge in [0, 0.05) is 9.86 Å². The molecule has 0 bridgehead atoms. The molecule has 1 amide bonds. The van der Waals surface area contributed by atoms with Crippen LogP contribution in [0.15, 0.2) is 55.6 Å². The lowest BCUT2D eigenvalue weighted by Gasteiger charge is -2.07. The van der Waals surface area contributed by atoms with Gasteiger partial charge in [-0.25, -0.2) is 0 Å². The van der Waals surface area contributed by atoms with Crippen molar-refractivity contribution in [1.29, 1.82) is 0 Å². The number of benzene rings is 2. The van der Waals surface area contributed by atoms with Gasteiger partial charge in [0.25, 0.3) is 0 Å². The molecule has 0 aliphatic heterocycles. The minimum Gasteiger partial charge on any atom is -0.497 e. The third-order valence-electron chi connectivity index (χ3n) is 3.47. The van der Waals surface area contributed by atoms with Gasteiger partial charge in [0.05, 0.1) is 17.1 Å². The fourth-order valence-corrected chi connectivity index (χ4v) is 3.07. The molecule has 3 aromatic rings. The van der Waals surface area contributed by atoms with E-state index in [-0.39, 0.29) is 18.2 Å². The lowest BCUT2D eigenvalue weighted by atomic mass is 10.2. The van der Waals surface area contributed by atoms with E-state index in [4.69, 9.17) is 9.47 Å². The van der Waals surface area contributed by atoms with E-state index < -0.39 is 5.91 Å². The molecule has 1 aromatic heterocycles. The van der Waals surface area contributed by atoms with E-state index in [2.05, 4.69) is 47.1 Å². The van der Waals surface area contributed by atoms with Crippen molar-refractivity contribution in [1.82, 2.24) is 4.98 Å². The molecular weight excluding hydrogens is 470 g/mol. The Bertz CT molecular complexity index is 1000. The van der Waals surface area contributed by atoms with E-state index in [1.807, 2.05) is 6.07 Å². The zero-order valence-electron chi connectivity index (χ0n) is 13.5. The first-order valence-electron chi connectivity index (χ1n) is 7.39. The Hall–Kier alpha value is -2.39. The van der Waals surface area contributed by atoms with Gasteiger partial charge in [-0.2, -0.15) is 0 Å². The van der Waals surface area contributed by atoms with Crippen molar-refractivity contribution in [2.75, 3.05) is 13.7 Å². The smallest absolute Gasteiger partial charge is 0.302 e. The second-order valence-electron chi connectivity index (χ2n) is 5.19. The lowest BCUT2D eigenvalue weighted by molar-refractivity contribution is -0.120. The van der Waals surface area contributed by atoms with Gasteiger partial charge in [0.2, 0.25) is 5.88 Å². The average Bonchev–Trinajstić information content (AvgIpc) is 2.93. The maximum atomic E-state index is 11.9. The summed E-state index contributed by atoms with van der Waals surface area (Å²) in [5.74, 6) is 0.398. The Balaban J connectivity index is 1.70. The number of amides is 1. The molecular formula is C17H13Br2N3O4. The third-order valence-corrected chi connectivity index (χ3v) is 4.58. The van der Waals surface area contributed by atoms with Crippen LogP contribution < -0.4 is 9.47 Å². The number of fused-ring (bicyclic) bond motifs is 1. The molecule has 0 unspecified atom stereocenters. The third kappa shape index (κ3) is 4.05. The number of aromatic hydroxyl groups is 1. The van der Waals surface area contributed by atoms with Crippen LogP contribution in [0, 0.1) is 0 Å². The molecule has 9 heteroatoms. The molecule has 0 radical (unpaired) electrons. The molecule has 0 aliphatic rings. The van der Waals surface area contributed by atoms with Gasteiger partial charge < -0.3 is 19.6 Å². The molecule has 7 nitrogen and oxygen atoms in total. The van der Waals surface area contributed by atoms with Crippen molar-refractivity contribution < 1.29 is 19.4 Å². The number of azo groups is 1. The van der Waals surface area contributed by atoms with Crippen molar-refractivity contribution in [3.63, 3.8) is 0 Å². The average molecular weight is 483 g/mol. The Morgan fingerprint density at radius 2 is 2.04 bits per heavy atom. The number of nitrogens with zero attached hydrogens (tertiary/aromatic N) is 2. The van der Waals surface area contributed by atoms with Gasteiger partial charge in [-0.05, 0) is 52.3 Å². The summed E-state index contributed by atoms with van der Waals surface area (Å²) in [5, 5.41) is 18.1. The summed E-state index contributed by atoms with van der Waals surface area (Å²) >= 11 is 6.70. The fraction of sp³-hybridized carbons (Fsp3) is 0.118. The van der Waals surface area contributed by atoms with Crippen molar-refractivity contribution in [3.05, 3.63) is 45.3 Å². The maximum absolute atomic E-state index is 11.9. The second-order valence-corrected chi connectivity index (χ2v) is 6.96. The fourth-order valence-electron chi connectivity index (χ4n) is 2.24. The number of halogens is 2. The lowest BCUT2D eigenvalue weighted by Crippen LogP contribution is -2.08. The Morgan fingerprint density at radius 1 is 1.23 bits per heavy atom. The number of aromatic nitrogens is 1. The molecule has 134 valence electrons. The van der Waals surface area contributed by atoms with Crippen LogP contribution in [0.25, 0.3) is 10.9 Å². The van der Waals surface area contributed by atoms with Crippen LogP contribution in [-0.2, 0) is 4.79 Å². The summed E-state index contributed by atoms with van der Waals surface area (Å²) in [6.07, 6.45) is 0. The number of rotatable bonds is 5. The summed E-state index contributed by atoms with van der Waals surface area (Å²) in [5.41, 5.74) is 0.880. The number of ether oxygens (including phenoxy) is 2. The Morgan fingerprint density at radius 3 is 2.77 bits per heavy atom. The van der Waals surface area contributed by atoms with Crippen LogP contribution in [0.5, 0.6) is 17.4 Å². The number of carbonyl (C=O) groups excluding carboxylic acids is 1. The van der Waals surface area contributed by atoms with Crippen LogP contribution in [0.4, 0.5) is 5.69 Å². The zero-order valence-corrected chi connectivity index (χ0v) is 16.7. The summed E-state index contributed by atoms with van der Waals surface area (Å²) in [4.78, 5) is 14.7. The normalized spacial score (nSPS) is 11.2. The van der Waals surface area contributed by atoms with Gasteiger partial charge >= 0.3 is 5.91 Å². The van der Waals surface area contributed by atoms with E-state index in [0.29, 0.717) is 26.9 Å². The quantitative estimate of drug-likeness (QED) is 0.494. The van der Waals surface area contributed by atoms with Crippen LogP contribution in [0.3, 0.4) is 0 Å². The summed E-state index contributed by atoms with van der Waals surface area (Å²) < 4.78 is 12.0. The first kappa shape index (κ1) is 18.4. The zero-order chi connectivity index (χ0) is 18.7. The van der Waals surface area contributed by atoms with Gasteiger partial charge in [-0.15, -0.1) is 10.2 Å². The van der Waals surface area contributed by atoms with Crippen molar-refractivity contribution in [2.45, 2.75) is 0 Å². The molecule has 3 rings (SSSR count). The maximum Gasteiger partial charge on any atom is 0.302 e. The van der Waals surface area contributed by atoms with Crippen molar-refractivity contribution >= 4 is 54.4 Å². The predicted molar refractivity (Wildman–Crippen MR) is 103 cm³/mol. The molecule has 0 fully saturated rings. The van der Waals surface area contributed by atoms with Gasteiger partial charge in [-0.3, -0.25) is 4.79 Å². The molecule has 1 heterocycles. The van der Waals surface area contributed by atoms with Crippen LogP contribution >= 0.6 is 31.9 Å². The van der Waals surface area contributed by atoms with Gasteiger partial charge in [0.1, 0.15) is 11.5 Å². The number of nitrogens with one attached hydrogen (secondary N) is 1. The number of carbonyl (C=O) groups is 1. The van der Waals surface area contributed by atoms with E-state index >= 15 is 0 Å². The molecule has 0 atom stereocenters. The van der Waals surface area contributed by atoms with Crippen LogP contribution in [0.2, 0.25) is 0 Å². The molecule has 26 heavy (non-hydrogen) atoms. The van der Waals surface area contributed by atoms with Crippen LogP contribution in [0.1, 0.15) is 0 Å². The number of aromatic amines is 1. The molecule has 2 aromatic carbocycles. The standard InChI is InChI=1S/C17H13Br2N3O4/c1-25-10-3-5-14(12(19)7-10)26-8-15(23)21-22-16-11-6-9(18)2-4-13(11)20-17(16)24/h2-7,20,24H,8H2,1H3. The highest BCUT2D eigenvalue weighted by Crippen LogP contribution is 2.36. The Kier molecular flexibility index (Phi) is 5.58. The predicted octanol–water partition coefficient (Wildman–Crippen LogP) is 5.10. The summed E-state index contributed by atoms with van der Waals surface area (Å²) in [6, 6.07) is 10.5. The van der Waals surface area contributed by atoms with Gasteiger partial charge in [0.15, 0.2) is 12.3 Å². The van der Waals surface area contributed by atoms with E-state index in [9.17, 15) is 9.90 Å². The van der Waals surface area contributed by atoms with E-state index in [1.165, 1.54) is 0 Å². The number of hydrogen-bond acceptors (Lipinski definition) is 5. The number of H-pyrrole nitrogens is 1.